The van der Waals surface area contributed by atoms with Gasteiger partial charge in [0.05, 0.1) is 12.8 Å². The van der Waals surface area contributed by atoms with Crippen molar-refractivity contribution in [2.45, 2.75) is 76.9 Å². The molecule has 0 bridgehead atoms. The van der Waals surface area contributed by atoms with Gasteiger partial charge in [-0.15, -0.1) is 0 Å². The standard InChI is InChI=1S/C40H40F6N6O4S/c1-39(2,3)12-11-25-7-8-27(28-9-10-32(56-5)52-31(20-57(6,54)55)48-50(4)38(28)52)34(47-25)22(13-21-14-23(41)17-24(42)15-21)16-26(53)19-51-36-33(35(49-51)37(43)44)29-18-30(29)40(36,45)46/h7-10,14-15,17,22,29-30,37-38H,13,16,18-20H2,1-6H3/t22-,29+,30-,38?/m1/s1. The maximum atomic E-state index is 15.4. The molecule has 2 aliphatic heterocycles. The van der Waals surface area contributed by atoms with Crippen LogP contribution in [-0.4, -0.2) is 77.0 Å². The number of alkyl halides is 4. The van der Waals surface area contributed by atoms with Crippen LogP contribution in [0.25, 0.3) is 5.57 Å². The maximum Gasteiger partial charge on any atom is 0.293 e. The van der Waals surface area contributed by atoms with Crippen molar-refractivity contribution in [2.24, 2.45) is 16.4 Å². The molecule has 0 saturated heterocycles. The molecule has 0 amide bonds. The second-order valence-electron chi connectivity index (χ2n) is 16.0. The van der Waals surface area contributed by atoms with Crippen molar-refractivity contribution in [1.82, 2.24) is 24.7 Å². The minimum Gasteiger partial charge on any atom is -0.482 e. The molecular weight excluding hydrogens is 775 g/mol. The molecular formula is C40H40F6N6O4S. The molecule has 0 radical (unpaired) electrons. The first-order valence-corrected chi connectivity index (χ1v) is 20.2. The molecule has 1 unspecified atom stereocenters. The highest BCUT2D eigenvalue weighted by molar-refractivity contribution is 7.91. The Morgan fingerprint density at radius 3 is 2.42 bits per heavy atom. The number of hydrazone groups is 1. The van der Waals surface area contributed by atoms with Crippen molar-refractivity contribution in [3.63, 3.8) is 0 Å². The minimum atomic E-state index is -3.56. The fourth-order valence-corrected chi connectivity index (χ4v) is 8.62. The summed E-state index contributed by atoms with van der Waals surface area (Å²) >= 11 is 0. The molecule has 1 aromatic carbocycles. The lowest BCUT2D eigenvalue weighted by Gasteiger charge is -2.36. The first-order chi connectivity index (χ1) is 26.6. The highest BCUT2D eigenvalue weighted by Crippen LogP contribution is 2.68. The van der Waals surface area contributed by atoms with Gasteiger partial charge < -0.3 is 4.74 Å². The van der Waals surface area contributed by atoms with Crippen LogP contribution in [0.4, 0.5) is 26.3 Å². The first kappa shape index (κ1) is 40.1. The number of hydrogen-bond acceptors (Lipinski definition) is 9. The molecule has 2 aliphatic carbocycles. The lowest BCUT2D eigenvalue weighted by Crippen LogP contribution is -2.44. The van der Waals surface area contributed by atoms with E-state index < -0.39 is 99.0 Å². The topological polar surface area (TPSA) is 110 Å². The van der Waals surface area contributed by atoms with Crippen molar-refractivity contribution in [1.29, 1.82) is 0 Å². The Hall–Kier alpha value is -5.11. The van der Waals surface area contributed by atoms with Crippen molar-refractivity contribution in [3.05, 3.63) is 99.5 Å². The number of fused-ring (bicyclic) bond motifs is 4. The third kappa shape index (κ3) is 7.93. The van der Waals surface area contributed by atoms with E-state index in [0.717, 1.165) is 18.4 Å². The van der Waals surface area contributed by atoms with E-state index in [1.807, 2.05) is 20.8 Å². The monoisotopic (exact) mass is 814 g/mol. The van der Waals surface area contributed by atoms with Crippen molar-refractivity contribution >= 4 is 27.0 Å². The Morgan fingerprint density at radius 1 is 1.09 bits per heavy atom. The smallest absolute Gasteiger partial charge is 0.293 e. The third-order valence-corrected chi connectivity index (χ3v) is 11.0. The van der Waals surface area contributed by atoms with E-state index >= 15 is 8.78 Å². The molecule has 3 aromatic rings. The normalized spacial score (nSPS) is 21.2. The van der Waals surface area contributed by atoms with E-state index in [0.29, 0.717) is 33.5 Å². The van der Waals surface area contributed by atoms with Gasteiger partial charge in [0.25, 0.3) is 12.3 Å². The summed E-state index contributed by atoms with van der Waals surface area (Å²) in [4.78, 5) is 20.6. The summed E-state index contributed by atoms with van der Waals surface area (Å²) in [6, 6.07) is 6.30. The zero-order chi connectivity index (χ0) is 41.4. The summed E-state index contributed by atoms with van der Waals surface area (Å²) in [7, 11) is -0.497. The van der Waals surface area contributed by atoms with E-state index in [2.05, 4.69) is 22.0 Å². The number of aromatic nitrogens is 3. The SMILES string of the molecule is COC1=CC=C(c2ccc(C#CC(C)(C)C)nc2[C@@H](CC(=O)Cn2nc(C(F)F)c3c2C(F)(F)[C@@H]2C[C@H]32)Cc2cc(F)cc(F)c2)C2N(C)N=C(CS(C)(=O)=O)N12. The molecule has 4 aliphatic rings. The quantitative estimate of drug-likeness (QED) is 0.144. The highest BCUT2D eigenvalue weighted by atomic mass is 32.2. The van der Waals surface area contributed by atoms with Gasteiger partial charge in [0.15, 0.2) is 27.7 Å². The van der Waals surface area contributed by atoms with Gasteiger partial charge in [0, 0.05) is 59.7 Å². The minimum absolute atomic E-state index is 0.0554. The van der Waals surface area contributed by atoms with Crippen LogP contribution in [-0.2, 0) is 38.3 Å². The number of likely N-dealkylation sites (N-methyl/N-ethyl adjacent to an activating group) is 1. The number of rotatable bonds is 12. The summed E-state index contributed by atoms with van der Waals surface area (Å²) in [6.07, 6.45) is -0.0255. The molecule has 1 saturated carbocycles. The number of amidine groups is 1. The first-order valence-electron chi connectivity index (χ1n) is 18.2. The van der Waals surface area contributed by atoms with Gasteiger partial charge in [-0.3, -0.25) is 19.4 Å². The van der Waals surface area contributed by atoms with E-state index in [1.165, 1.54) is 7.11 Å². The van der Waals surface area contributed by atoms with E-state index in [-0.39, 0.29) is 35.5 Å². The maximum absolute atomic E-state index is 15.4. The Balaban J connectivity index is 1.34. The Morgan fingerprint density at radius 2 is 1.79 bits per heavy atom. The second-order valence-corrected chi connectivity index (χ2v) is 18.1. The van der Waals surface area contributed by atoms with Crippen LogP contribution in [0.15, 0.2) is 53.5 Å². The summed E-state index contributed by atoms with van der Waals surface area (Å²) in [5, 5.41) is 9.87. The van der Waals surface area contributed by atoms with Gasteiger partial charge in [0.1, 0.15) is 46.8 Å². The van der Waals surface area contributed by atoms with Crippen LogP contribution in [0.5, 0.6) is 0 Å². The largest absolute Gasteiger partial charge is 0.482 e. The van der Waals surface area contributed by atoms with Crippen LogP contribution in [0.1, 0.15) is 91.3 Å². The summed E-state index contributed by atoms with van der Waals surface area (Å²) in [6.45, 7) is 4.94. The van der Waals surface area contributed by atoms with Gasteiger partial charge in [-0.05, 0) is 87.4 Å². The summed E-state index contributed by atoms with van der Waals surface area (Å²) in [5.41, 5.74) is -0.394. The molecule has 17 heteroatoms. The number of pyridine rings is 1. The van der Waals surface area contributed by atoms with Crippen LogP contribution in [0.2, 0.25) is 0 Å². The van der Waals surface area contributed by atoms with Gasteiger partial charge in [-0.2, -0.15) is 19.0 Å². The molecule has 4 heterocycles. The fourth-order valence-electron chi connectivity index (χ4n) is 7.95. The molecule has 10 nitrogen and oxygen atoms in total. The van der Waals surface area contributed by atoms with Crippen LogP contribution in [0, 0.1) is 34.8 Å². The van der Waals surface area contributed by atoms with E-state index in [1.54, 1.807) is 41.2 Å². The number of ketones is 1. The van der Waals surface area contributed by atoms with Crippen molar-refractivity contribution in [2.75, 3.05) is 26.2 Å². The molecule has 0 N–H and O–H groups in total. The summed E-state index contributed by atoms with van der Waals surface area (Å²) in [5.74, 6) is -2.50. The Kier molecular flexibility index (Phi) is 10.1. The molecule has 7 rings (SSSR count). The number of nitrogens with zero attached hydrogens (tertiary/aromatic N) is 6. The predicted molar refractivity (Wildman–Crippen MR) is 199 cm³/mol. The number of carbonyl (C=O) groups is 1. The van der Waals surface area contributed by atoms with E-state index in [4.69, 9.17) is 9.72 Å². The Bertz CT molecular complexity index is 2410. The molecule has 302 valence electrons. The molecule has 1 fully saturated rings. The van der Waals surface area contributed by atoms with Crippen LogP contribution >= 0.6 is 0 Å². The zero-order valence-corrected chi connectivity index (χ0v) is 32.8. The van der Waals surface area contributed by atoms with Crippen molar-refractivity contribution in [3.8, 4) is 11.8 Å². The number of hydrogen-bond donors (Lipinski definition) is 0. The van der Waals surface area contributed by atoms with Crippen molar-refractivity contribution < 1.29 is 44.3 Å². The molecule has 4 atom stereocenters. The fraction of sp³-hybridized carbons (Fsp3) is 0.450. The van der Waals surface area contributed by atoms with Gasteiger partial charge in [-0.25, -0.2) is 31.0 Å². The van der Waals surface area contributed by atoms with Crippen LogP contribution in [0.3, 0.4) is 0 Å². The molecule has 57 heavy (non-hydrogen) atoms. The number of halogens is 6. The third-order valence-electron chi connectivity index (χ3n) is 10.2. The zero-order valence-electron chi connectivity index (χ0n) is 32.0. The predicted octanol–water partition coefficient (Wildman–Crippen LogP) is 6.90. The van der Waals surface area contributed by atoms with Gasteiger partial charge >= 0.3 is 0 Å². The number of Topliss-reactive ketones (excluding diaryl/α,β-unsaturated/α-hetero) is 1. The number of allylic oxidation sites excluding steroid dienone is 2. The number of benzene rings is 1. The second kappa shape index (κ2) is 14.4. The summed E-state index contributed by atoms with van der Waals surface area (Å²) < 4.78 is 119. The van der Waals surface area contributed by atoms with Gasteiger partial charge in [0.2, 0.25) is 0 Å². The average molecular weight is 815 g/mol. The number of ether oxygens (including phenoxy) is 1. The number of carbonyl (C=O) groups excluding carboxylic acids is 1. The lowest BCUT2D eigenvalue weighted by molar-refractivity contribution is -0.120. The number of methoxy groups -OCH3 is 1. The highest BCUT2D eigenvalue weighted by Gasteiger charge is 2.67. The lowest BCUT2D eigenvalue weighted by atomic mass is 9.85. The number of sulfone groups is 1. The van der Waals surface area contributed by atoms with E-state index in [9.17, 15) is 30.8 Å². The average Bonchev–Trinajstić information content (AvgIpc) is 3.65. The Labute approximate surface area is 326 Å². The van der Waals surface area contributed by atoms with Crippen LogP contribution < -0.4 is 0 Å². The molecule has 0 spiro atoms. The van der Waals surface area contributed by atoms with Gasteiger partial charge in [-0.1, -0.05) is 5.92 Å². The molecule has 2 aromatic heterocycles.